The van der Waals surface area contributed by atoms with Crippen LogP contribution in [0.1, 0.15) is 53.4 Å². The van der Waals surface area contributed by atoms with Crippen LogP contribution in [-0.2, 0) is 39.4 Å². The third-order valence-corrected chi connectivity index (χ3v) is 9.83. The molecule has 0 N–H and O–H groups in total. The largest absolute Gasteiger partial charge is 0.324 e. The zero-order chi connectivity index (χ0) is 23.3. The molecule has 0 bridgehead atoms. The van der Waals surface area contributed by atoms with Gasteiger partial charge < -0.3 is 18.9 Å². The zero-order valence-corrected chi connectivity index (χ0v) is 20.6. The van der Waals surface area contributed by atoms with Crippen LogP contribution in [0.2, 0.25) is 0 Å². The summed E-state index contributed by atoms with van der Waals surface area (Å²) in [7, 11) is -7.36. The van der Waals surface area contributed by atoms with Gasteiger partial charge in [0.1, 0.15) is 0 Å². The van der Waals surface area contributed by atoms with E-state index in [2.05, 4.69) is 0 Å². The highest BCUT2D eigenvalue weighted by molar-refractivity contribution is 7.87. The summed E-state index contributed by atoms with van der Waals surface area (Å²) in [6, 6.07) is 0. The first kappa shape index (κ1) is 24.7. The van der Waals surface area contributed by atoms with E-state index in [0.717, 1.165) is 0 Å². The highest BCUT2D eigenvalue weighted by Gasteiger charge is 2.63. The van der Waals surface area contributed by atoms with Gasteiger partial charge in [0.15, 0.2) is 24.9 Å². The van der Waals surface area contributed by atoms with E-state index in [1.165, 1.54) is 17.2 Å². The summed E-state index contributed by atoms with van der Waals surface area (Å²) < 4.78 is 81.0. The minimum atomic E-state index is -3.68. The van der Waals surface area contributed by atoms with E-state index in [1.807, 2.05) is 27.7 Å². The first-order chi connectivity index (χ1) is 15.2. The molecule has 14 heteroatoms. The molecular formula is C18H34N4O8S2. The van der Waals surface area contributed by atoms with Crippen LogP contribution in [0.3, 0.4) is 0 Å². The predicted octanol–water partition coefficient (Wildman–Crippen LogP) is 0.401. The van der Waals surface area contributed by atoms with Crippen LogP contribution in [0.15, 0.2) is 0 Å². The van der Waals surface area contributed by atoms with Crippen molar-refractivity contribution < 1.29 is 35.8 Å². The Kier molecular flexibility index (Phi) is 7.19. The predicted molar refractivity (Wildman–Crippen MR) is 113 cm³/mol. The van der Waals surface area contributed by atoms with Crippen molar-refractivity contribution >= 4 is 20.4 Å². The average molecular weight is 499 g/mol. The van der Waals surface area contributed by atoms with Crippen LogP contribution in [0, 0.1) is 0 Å². The molecule has 1 unspecified atom stereocenters. The lowest BCUT2D eigenvalue weighted by atomic mass is 10.4. The fraction of sp³-hybridized carbons (Fsp3) is 1.00. The number of ether oxygens (including phenoxy) is 4. The molecule has 12 nitrogen and oxygen atoms in total. The molecule has 4 fully saturated rings. The normalized spacial score (nSPS) is 37.9. The lowest BCUT2D eigenvalue weighted by Crippen LogP contribution is -2.43. The molecule has 5 atom stereocenters. The van der Waals surface area contributed by atoms with Crippen LogP contribution in [0.4, 0.5) is 0 Å². The average Bonchev–Trinajstić information content (AvgIpc) is 3.43. The maximum Gasteiger partial charge on any atom is 0.286 e. The molecule has 0 aromatic heterocycles. The van der Waals surface area contributed by atoms with Gasteiger partial charge >= 0.3 is 0 Å². The van der Waals surface area contributed by atoms with Crippen molar-refractivity contribution in [2.24, 2.45) is 0 Å². The summed E-state index contributed by atoms with van der Waals surface area (Å²) in [5.41, 5.74) is 0. The van der Waals surface area contributed by atoms with Gasteiger partial charge in [-0.15, -0.1) is 0 Å². The molecule has 0 aromatic rings. The Hall–Kier alpha value is -0.420. The highest BCUT2D eigenvalue weighted by atomic mass is 32.2. The molecule has 4 rings (SSSR count). The zero-order valence-electron chi connectivity index (χ0n) is 19.0. The molecule has 186 valence electrons. The molecule has 0 radical (unpaired) electrons. The van der Waals surface area contributed by atoms with E-state index in [1.54, 1.807) is 0 Å². The second-order valence-electron chi connectivity index (χ2n) is 8.30. The topological polar surface area (TPSA) is 118 Å². The van der Waals surface area contributed by atoms with E-state index in [0.29, 0.717) is 51.9 Å². The maximum absolute atomic E-state index is 12.9. The Morgan fingerprint density at radius 2 is 0.719 bits per heavy atom. The summed E-state index contributed by atoms with van der Waals surface area (Å²) in [4.78, 5) is 0. The SMILES string of the molecule is CCCN1[C@@H]2OC(C3O[C@@H]4[C@H](O3)N(CCC)S(=O)(=O)N4CCC)O[C@H]2N(CCC)S1(=O)=O. The van der Waals surface area contributed by atoms with Crippen LogP contribution >= 0.6 is 0 Å². The molecule has 0 saturated carbocycles. The van der Waals surface area contributed by atoms with E-state index in [4.69, 9.17) is 18.9 Å². The summed E-state index contributed by atoms with van der Waals surface area (Å²) in [5, 5.41) is 0. The number of hydrogen-bond donors (Lipinski definition) is 0. The third-order valence-electron chi connectivity index (χ3n) is 5.90. The van der Waals surface area contributed by atoms with Crippen LogP contribution in [0.25, 0.3) is 0 Å². The molecule has 4 aliphatic heterocycles. The lowest BCUT2D eigenvalue weighted by molar-refractivity contribution is -0.237. The first-order valence-electron chi connectivity index (χ1n) is 11.4. The second kappa shape index (κ2) is 9.32. The van der Waals surface area contributed by atoms with Crippen LogP contribution in [-0.4, -0.2) is 97.7 Å². The number of fused-ring (bicyclic) bond motifs is 2. The molecule has 0 amide bonds. The van der Waals surface area contributed by atoms with E-state index >= 15 is 0 Å². The van der Waals surface area contributed by atoms with Gasteiger partial charge in [0, 0.05) is 26.2 Å². The van der Waals surface area contributed by atoms with Crippen LogP contribution < -0.4 is 0 Å². The molecule has 0 spiro atoms. The Morgan fingerprint density at radius 3 is 0.906 bits per heavy atom. The highest BCUT2D eigenvalue weighted by Crippen LogP contribution is 2.42. The van der Waals surface area contributed by atoms with Crippen molar-refractivity contribution in [1.29, 1.82) is 0 Å². The van der Waals surface area contributed by atoms with Crippen LogP contribution in [0.5, 0.6) is 0 Å². The van der Waals surface area contributed by atoms with Crippen molar-refractivity contribution in [3.8, 4) is 0 Å². The number of rotatable bonds is 9. The molecule has 4 heterocycles. The van der Waals surface area contributed by atoms with Gasteiger partial charge in [0.2, 0.25) is 12.6 Å². The first-order valence-corrected chi connectivity index (χ1v) is 14.2. The summed E-state index contributed by atoms with van der Waals surface area (Å²) in [6.45, 7) is 8.83. The maximum atomic E-state index is 12.9. The van der Waals surface area contributed by atoms with E-state index < -0.39 is 57.9 Å². The fourth-order valence-electron chi connectivity index (χ4n) is 4.63. The summed E-state index contributed by atoms with van der Waals surface area (Å²) in [5.74, 6) is 0. The van der Waals surface area contributed by atoms with Gasteiger partial charge in [-0.05, 0) is 25.7 Å². The van der Waals surface area contributed by atoms with Gasteiger partial charge in [0.05, 0.1) is 0 Å². The monoisotopic (exact) mass is 498 g/mol. The summed E-state index contributed by atoms with van der Waals surface area (Å²) >= 11 is 0. The Morgan fingerprint density at radius 1 is 0.500 bits per heavy atom. The van der Waals surface area contributed by atoms with Gasteiger partial charge in [-0.25, -0.2) is 0 Å². The van der Waals surface area contributed by atoms with Gasteiger partial charge in [-0.3, -0.25) is 0 Å². The Labute approximate surface area is 190 Å². The lowest BCUT2D eigenvalue weighted by Gasteiger charge is -2.27. The molecular weight excluding hydrogens is 464 g/mol. The Balaban J connectivity index is 1.53. The van der Waals surface area contributed by atoms with Crippen molar-refractivity contribution in [1.82, 2.24) is 17.2 Å². The van der Waals surface area contributed by atoms with Crippen molar-refractivity contribution in [3.05, 3.63) is 0 Å². The molecule has 4 saturated heterocycles. The minimum Gasteiger partial charge on any atom is -0.324 e. The van der Waals surface area contributed by atoms with Crippen molar-refractivity contribution in [2.45, 2.75) is 90.9 Å². The summed E-state index contributed by atoms with van der Waals surface area (Å²) in [6.07, 6.45) is -2.62. The quantitative estimate of drug-likeness (QED) is 0.448. The smallest absolute Gasteiger partial charge is 0.286 e. The molecule has 0 aromatic carbocycles. The molecule has 32 heavy (non-hydrogen) atoms. The Bertz CT molecular complexity index is 759. The van der Waals surface area contributed by atoms with Gasteiger partial charge in [0.25, 0.3) is 20.4 Å². The van der Waals surface area contributed by atoms with Crippen molar-refractivity contribution in [3.63, 3.8) is 0 Å². The molecule has 0 aliphatic carbocycles. The van der Waals surface area contributed by atoms with Gasteiger partial charge in [-0.2, -0.15) is 34.1 Å². The van der Waals surface area contributed by atoms with E-state index in [-0.39, 0.29) is 0 Å². The fourth-order valence-corrected chi connectivity index (χ4v) is 8.48. The van der Waals surface area contributed by atoms with E-state index in [9.17, 15) is 16.8 Å². The number of nitrogens with zero attached hydrogens (tertiary/aromatic N) is 4. The standard InChI is InChI=1S/C18H34N4O8S2/c1-5-9-19-13-14(20(10-6-2)31(19,23)24)28-17(27-13)18-29-15-16(30-18)22(12-8-4)32(25,26)21(15)11-7-3/h13-18H,5-12H2,1-4H3/t13-,14-,15-,16+,18?/m1/s1. The molecule has 4 aliphatic rings. The van der Waals surface area contributed by atoms with Gasteiger partial charge in [-0.1, -0.05) is 27.7 Å². The van der Waals surface area contributed by atoms with Crippen molar-refractivity contribution in [2.75, 3.05) is 26.2 Å². The third kappa shape index (κ3) is 3.82. The number of hydrogen-bond acceptors (Lipinski definition) is 8. The minimum absolute atomic E-state index is 0.310. The second-order valence-corrected chi connectivity index (χ2v) is 12.0.